The number of anilines is 1. The molecule has 0 bridgehead atoms. The second-order valence-corrected chi connectivity index (χ2v) is 7.78. The first-order valence-corrected chi connectivity index (χ1v) is 10.3. The standard InChI is InChI=1S/C22H34N6/c1-5-27(6-2)13-7-8-16(3)22(24)25-12-11-21(23)28(22)19-9-10-20-18(15-19)14-17(4)26-20/h9-12,14-16,26H,5-8,13,23-24H2,1-4H3. The minimum absolute atomic E-state index is 0.148. The lowest BCUT2D eigenvalue weighted by Crippen LogP contribution is -2.61. The molecule has 1 aliphatic rings. The summed E-state index contributed by atoms with van der Waals surface area (Å²) < 4.78 is 0. The Hall–Kier alpha value is -2.31. The molecule has 0 aliphatic carbocycles. The topological polar surface area (TPSA) is 86.7 Å². The molecule has 1 aliphatic heterocycles. The number of fused-ring (bicyclic) bond motifs is 1. The maximum atomic E-state index is 6.89. The fourth-order valence-electron chi connectivity index (χ4n) is 4.05. The monoisotopic (exact) mass is 382 g/mol. The number of rotatable bonds is 8. The maximum absolute atomic E-state index is 6.89. The van der Waals surface area contributed by atoms with Crippen LogP contribution in [0.1, 0.15) is 39.3 Å². The summed E-state index contributed by atoms with van der Waals surface area (Å²) in [6, 6.07) is 8.40. The second-order valence-electron chi connectivity index (χ2n) is 7.78. The maximum Gasteiger partial charge on any atom is 0.192 e. The molecule has 0 spiro atoms. The van der Waals surface area contributed by atoms with Crippen LogP contribution in [0.2, 0.25) is 0 Å². The second kappa shape index (κ2) is 8.37. The van der Waals surface area contributed by atoms with Crippen molar-refractivity contribution in [2.45, 2.75) is 46.3 Å². The van der Waals surface area contributed by atoms with Gasteiger partial charge < -0.3 is 15.6 Å². The van der Waals surface area contributed by atoms with Gasteiger partial charge in [-0.25, -0.2) is 4.99 Å². The molecule has 1 aromatic carbocycles. The summed E-state index contributed by atoms with van der Waals surface area (Å²) in [7, 11) is 0. The first-order valence-electron chi connectivity index (χ1n) is 10.3. The first-order chi connectivity index (χ1) is 13.4. The summed E-state index contributed by atoms with van der Waals surface area (Å²) in [6.07, 6.45) is 5.64. The van der Waals surface area contributed by atoms with E-state index in [1.807, 2.05) is 11.0 Å². The van der Waals surface area contributed by atoms with Crippen molar-refractivity contribution in [1.82, 2.24) is 9.88 Å². The van der Waals surface area contributed by atoms with Gasteiger partial charge in [-0.2, -0.15) is 0 Å². The summed E-state index contributed by atoms with van der Waals surface area (Å²) >= 11 is 0. The number of nitrogens with one attached hydrogen (secondary N) is 1. The number of benzene rings is 1. The van der Waals surface area contributed by atoms with Crippen LogP contribution in [0.15, 0.2) is 41.2 Å². The van der Waals surface area contributed by atoms with Crippen molar-refractivity contribution < 1.29 is 0 Å². The Labute approximate surface area is 168 Å². The average molecular weight is 383 g/mol. The number of allylic oxidation sites excluding steroid dienone is 1. The molecule has 0 saturated carbocycles. The number of nitrogens with zero attached hydrogens (tertiary/aromatic N) is 3. The van der Waals surface area contributed by atoms with Crippen molar-refractivity contribution in [2.24, 2.45) is 22.4 Å². The number of aromatic nitrogens is 1. The average Bonchev–Trinajstić information content (AvgIpc) is 3.04. The van der Waals surface area contributed by atoms with Crippen molar-refractivity contribution >= 4 is 22.8 Å². The van der Waals surface area contributed by atoms with Gasteiger partial charge in [-0.1, -0.05) is 20.8 Å². The third-order valence-electron chi connectivity index (χ3n) is 5.87. The molecule has 0 fully saturated rings. The molecule has 3 rings (SSSR count). The van der Waals surface area contributed by atoms with E-state index in [2.05, 4.69) is 61.8 Å². The molecular formula is C22H34N6. The minimum atomic E-state index is -0.888. The number of hydrogen-bond donors (Lipinski definition) is 3. The van der Waals surface area contributed by atoms with Crippen molar-refractivity contribution in [3.05, 3.63) is 41.9 Å². The fraction of sp³-hybridized carbons (Fsp3) is 0.500. The number of nitrogens with two attached hydrogens (primary N) is 2. The van der Waals surface area contributed by atoms with E-state index in [4.69, 9.17) is 16.5 Å². The summed E-state index contributed by atoms with van der Waals surface area (Å²) in [5.41, 5.74) is 16.5. The number of aryl methyl sites for hydroxylation is 1. The molecule has 6 nitrogen and oxygen atoms in total. The number of H-pyrrole nitrogens is 1. The summed E-state index contributed by atoms with van der Waals surface area (Å²) in [6.45, 7) is 11.9. The molecule has 2 heterocycles. The van der Waals surface area contributed by atoms with Crippen molar-refractivity contribution in [3.8, 4) is 0 Å². The lowest BCUT2D eigenvalue weighted by molar-refractivity contribution is 0.246. The largest absolute Gasteiger partial charge is 0.385 e. The molecule has 1 aromatic heterocycles. The van der Waals surface area contributed by atoms with E-state index in [0.29, 0.717) is 5.82 Å². The minimum Gasteiger partial charge on any atom is -0.385 e. The van der Waals surface area contributed by atoms with Gasteiger partial charge in [-0.05, 0) is 69.7 Å². The van der Waals surface area contributed by atoms with Crippen LogP contribution in [0.3, 0.4) is 0 Å². The molecule has 28 heavy (non-hydrogen) atoms. The van der Waals surface area contributed by atoms with Gasteiger partial charge in [0.1, 0.15) is 5.82 Å². The smallest absolute Gasteiger partial charge is 0.192 e. The highest BCUT2D eigenvalue weighted by molar-refractivity contribution is 5.86. The molecule has 0 radical (unpaired) electrons. The summed E-state index contributed by atoms with van der Waals surface area (Å²) in [5, 5.41) is 1.15. The number of hydrogen-bond acceptors (Lipinski definition) is 5. The molecule has 2 unspecified atom stereocenters. The van der Waals surface area contributed by atoms with E-state index in [1.54, 1.807) is 6.21 Å². The lowest BCUT2D eigenvalue weighted by Gasteiger charge is -2.45. The van der Waals surface area contributed by atoms with Gasteiger partial charge in [-0.3, -0.25) is 10.6 Å². The molecule has 0 amide bonds. The fourth-order valence-corrected chi connectivity index (χ4v) is 4.05. The van der Waals surface area contributed by atoms with Crippen LogP contribution < -0.4 is 16.4 Å². The molecule has 6 heteroatoms. The highest BCUT2D eigenvalue weighted by Crippen LogP contribution is 2.35. The van der Waals surface area contributed by atoms with Gasteiger partial charge >= 0.3 is 0 Å². The van der Waals surface area contributed by atoms with E-state index < -0.39 is 5.79 Å². The molecule has 152 valence electrons. The third kappa shape index (κ3) is 3.93. The van der Waals surface area contributed by atoms with Gasteiger partial charge in [-0.15, -0.1) is 0 Å². The molecule has 0 saturated heterocycles. The zero-order chi connectivity index (χ0) is 20.3. The highest BCUT2D eigenvalue weighted by atomic mass is 15.4. The zero-order valence-corrected chi connectivity index (χ0v) is 17.6. The summed E-state index contributed by atoms with van der Waals surface area (Å²) in [5.74, 6) is -0.115. The molecule has 2 aromatic rings. The zero-order valence-electron chi connectivity index (χ0n) is 17.6. The van der Waals surface area contributed by atoms with Crippen LogP contribution in [-0.2, 0) is 0 Å². The number of aliphatic imine (C=N–C) groups is 1. The van der Waals surface area contributed by atoms with E-state index in [9.17, 15) is 0 Å². The van der Waals surface area contributed by atoms with Crippen LogP contribution in [0.4, 0.5) is 5.69 Å². The van der Waals surface area contributed by atoms with Gasteiger partial charge in [0.05, 0.1) is 0 Å². The Morgan fingerprint density at radius 3 is 2.71 bits per heavy atom. The normalized spacial score (nSPS) is 20.8. The SMILES string of the molecule is CCN(CC)CCCC(C)C1(N)N=CC=C(N)N1c1ccc2[nH]c(C)cc2c1. The van der Waals surface area contributed by atoms with Crippen molar-refractivity contribution in [2.75, 3.05) is 24.5 Å². The Kier molecular flexibility index (Phi) is 6.10. The van der Waals surface area contributed by atoms with E-state index >= 15 is 0 Å². The van der Waals surface area contributed by atoms with Gasteiger partial charge in [0.25, 0.3) is 0 Å². The van der Waals surface area contributed by atoms with E-state index in [0.717, 1.165) is 54.8 Å². The van der Waals surface area contributed by atoms with Crippen LogP contribution in [0, 0.1) is 12.8 Å². The molecule has 2 atom stereocenters. The predicted octanol–water partition coefficient (Wildman–Crippen LogP) is 3.54. The molecular weight excluding hydrogens is 348 g/mol. The molecule has 5 N–H and O–H groups in total. The van der Waals surface area contributed by atoms with Gasteiger partial charge in [0, 0.05) is 34.4 Å². The predicted molar refractivity (Wildman–Crippen MR) is 119 cm³/mol. The van der Waals surface area contributed by atoms with Gasteiger partial charge in [0.15, 0.2) is 5.79 Å². The van der Waals surface area contributed by atoms with Crippen LogP contribution in [-0.4, -0.2) is 41.5 Å². The first kappa shape index (κ1) is 20.4. The van der Waals surface area contributed by atoms with Crippen molar-refractivity contribution in [3.63, 3.8) is 0 Å². The van der Waals surface area contributed by atoms with Gasteiger partial charge in [0.2, 0.25) is 0 Å². The Bertz CT molecular complexity index is 863. The Morgan fingerprint density at radius 2 is 2.00 bits per heavy atom. The highest BCUT2D eigenvalue weighted by Gasteiger charge is 2.40. The third-order valence-corrected chi connectivity index (χ3v) is 5.87. The quantitative estimate of drug-likeness (QED) is 0.652. The van der Waals surface area contributed by atoms with Crippen molar-refractivity contribution in [1.29, 1.82) is 0 Å². The Morgan fingerprint density at radius 1 is 1.25 bits per heavy atom. The van der Waals surface area contributed by atoms with E-state index in [-0.39, 0.29) is 5.92 Å². The Balaban J connectivity index is 1.84. The summed E-state index contributed by atoms with van der Waals surface area (Å²) in [4.78, 5) is 12.5. The van der Waals surface area contributed by atoms with E-state index in [1.165, 1.54) is 0 Å². The van der Waals surface area contributed by atoms with Crippen LogP contribution >= 0.6 is 0 Å². The van der Waals surface area contributed by atoms with Crippen LogP contribution in [0.25, 0.3) is 10.9 Å². The van der Waals surface area contributed by atoms with Crippen LogP contribution in [0.5, 0.6) is 0 Å². The number of aromatic amines is 1. The lowest BCUT2D eigenvalue weighted by atomic mass is 9.94.